The summed E-state index contributed by atoms with van der Waals surface area (Å²) in [5.74, 6) is -0.459. The monoisotopic (exact) mass is 219 g/mol. The number of hydrogen-bond donors (Lipinski definition) is 1. The van der Waals surface area contributed by atoms with E-state index in [-0.39, 0.29) is 11.6 Å². The van der Waals surface area contributed by atoms with Gasteiger partial charge in [-0.05, 0) is 25.0 Å². The lowest BCUT2D eigenvalue weighted by Crippen LogP contribution is -2.43. The first-order chi connectivity index (χ1) is 7.72. The second kappa shape index (κ2) is 4.50. The Bertz CT molecular complexity index is 425. The van der Waals surface area contributed by atoms with Crippen LogP contribution in [0.25, 0.3) is 0 Å². The topological polar surface area (TPSA) is 53.0 Å². The molecule has 0 aliphatic carbocycles. The highest BCUT2D eigenvalue weighted by atomic mass is 19.1. The Morgan fingerprint density at radius 2 is 2.31 bits per heavy atom. The van der Waals surface area contributed by atoms with Gasteiger partial charge >= 0.3 is 0 Å². The molecule has 1 aliphatic heterocycles. The Balaban J connectivity index is 2.33. The maximum atomic E-state index is 13.4. The first kappa shape index (κ1) is 10.9. The average Bonchev–Trinajstić information content (AvgIpc) is 2.28. The van der Waals surface area contributed by atoms with Gasteiger partial charge in [-0.15, -0.1) is 0 Å². The van der Waals surface area contributed by atoms with Crippen LogP contribution in [0, 0.1) is 17.1 Å². The smallest absolute Gasteiger partial charge is 0.143 e. The first-order valence-electron chi connectivity index (χ1n) is 5.41. The minimum Gasteiger partial charge on any atom is -0.369 e. The van der Waals surface area contributed by atoms with E-state index in [0.29, 0.717) is 12.2 Å². The third-order valence-corrected chi connectivity index (χ3v) is 2.90. The minimum atomic E-state index is -0.459. The standard InChI is InChI=1S/C12H14FN3/c13-11-4-1-5-12(10(11)7-14)16-6-2-3-9(15)8-16/h1,4-5,9H,2-3,6,8,15H2/t9-/m1/s1. The van der Waals surface area contributed by atoms with E-state index in [1.807, 2.05) is 11.0 Å². The summed E-state index contributed by atoms with van der Waals surface area (Å²) in [6.07, 6.45) is 1.98. The maximum absolute atomic E-state index is 13.4. The normalized spacial score (nSPS) is 20.6. The number of hydrogen-bond acceptors (Lipinski definition) is 3. The molecule has 1 atom stereocenters. The lowest BCUT2D eigenvalue weighted by Gasteiger charge is -2.33. The molecule has 2 N–H and O–H groups in total. The van der Waals surface area contributed by atoms with Crippen molar-refractivity contribution >= 4 is 5.69 Å². The number of halogens is 1. The van der Waals surface area contributed by atoms with Gasteiger partial charge in [0.25, 0.3) is 0 Å². The molecule has 0 radical (unpaired) electrons. The van der Waals surface area contributed by atoms with E-state index in [1.54, 1.807) is 12.1 Å². The average molecular weight is 219 g/mol. The highest BCUT2D eigenvalue weighted by Crippen LogP contribution is 2.25. The van der Waals surface area contributed by atoms with Crippen molar-refractivity contribution < 1.29 is 4.39 Å². The van der Waals surface area contributed by atoms with E-state index < -0.39 is 5.82 Å². The zero-order valence-corrected chi connectivity index (χ0v) is 8.99. The predicted molar refractivity (Wildman–Crippen MR) is 60.5 cm³/mol. The van der Waals surface area contributed by atoms with Crippen molar-refractivity contribution in [1.29, 1.82) is 5.26 Å². The number of piperidine rings is 1. The molecule has 1 saturated heterocycles. The molecule has 1 aliphatic rings. The molecule has 4 heteroatoms. The Morgan fingerprint density at radius 1 is 1.50 bits per heavy atom. The third kappa shape index (κ3) is 2.00. The molecule has 16 heavy (non-hydrogen) atoms. The number of rotatable bonds is 1. The van der Waals surface area contributed by atoms with Gasteiger partial charge in [0.15, 0.2) is 0 Å². The van der Waals surface area contributed by atoms with Crippen molar-refractivity contribution in [1.82, 2.24) is 0 Å². The van der Waals surface area contributed by atoms with Crippen LogP contribution in [0.3, 0.4) is 0 Å². The van der Waals surface area contributed by atoms with Crippen molar-refractivity contribution in [3.8, 4) is 6.07 Å². The number of nitriles is 1. The zero-order valence-electron chi connectivity index (χ0n) is 8.99. The van der Waals surface area contributed by atoms with Crippen LogP contribution in [0.4, 0.5) is 10.1 Å². The summed E-state index contributed by atoms with van der Waals surface area (Å²) < 4.78 is 13.4. The number of nitrogens with two attached hydrogens (primary N) is 1. The zero-order chi connectivity index (χ0) is 11.5. The summed E-state index contributed by atoms with van der Waals surface area (Å²) in [4.78, 5) is 2.00. The Labute approximate surface area is 94.3 Å². The van der Waals surface area contributed by atoms with Gasteiger partial charge in [-0.1, -0.05) is 6.07 Å². The summed E-state index contributed by atoms with van der Waals surface area (Å²) in [5, 5.41) is 8.95. The summed E-state index contributed by atoms with van der Waals surface area (Å²) in [6.45, 7) is 1.53. The van der Waals surface area contributed by atoms with Gasteiger partial charge in [0.2, 0.25) is 0 Å². The summed E-state index contributed by atoms with van der Waals surface area (Å²) in [7, 11) is 0. The molecule has 2 rings (SSSR count). The van der Waals surface area contributed by atoms with Crippen molar-refractivity contribution in [2.24, 2.45) is 5.73 Å². The van der Waals surface area contributed by atoms with E-state index in [9.17, 15) is 4.39 Å². The first-order valence-corrected chi connectivity index (χ1v) is 5.41. The number of benzene rings is 1. The number of nitrogens with zero attached hydrogens (tertiary/aromatic N) is 2. The highest BCUT2D eigenvalue weighted by Gasteiger charge is 2.20. The van der Waals surface area contributed by atoms with Crippen LogP contribution in [0.15, 0.2) is 18.2 Å². The maximum Gasteiger partial charge on any atom is 0.143 e. The van der Waals surface area contributed by atoms with Gasteiger partial charge in [0.05, 0.1) is 5.69 Å². The second-order valence-corrected chi connectivity index (χ2v) is 4.09. The molecule has 1 aromatic carbocycles. The predicted octanol–water partition coefficient (Wildman–Crippen LogP) is 1.62. The van der Waals surface area contributed by atoms with Crippen LogP contribution in [0.5, 0.6) is 0 Å². The SMILES string of the molecule is N#Cc1c(F)cccc1N1CCC[C@@H](N)C1. The van der Waals surface area contributed by atoms with Crippen molar-refractivity contribution in [2.75, 3.05) is 18.0 Å². The molecule has 1 heterocycles. The molecule has 0 unspecified atom stereocenters. The van der Waals surface area contributed by atoms with E-state index in [0.717, 1.165) is 19.4 Å². The Morgan fingerprint density at radius 3 is 3.00 bits per heavy atom. The van der Waals surface area contributed by atoms with Gasteiger partial charge in [-0.25, -0.2) is 4.39 Å². The molecule has 0 saturated carbocycles. The van der Waals surface area contributed by atoms with E-state index in [2.05, 4.69) is 0 Å². The summed E-state index contributed by atoms with van der Waals surface area (Å²) in [5.41, 5.74) is 6.66. The van der Waals surface area contributed by atoms with Gasteiger partial charge in [-0.2, -0.15) is 5.26 Å². The van der Waals surface area contributed by atoms with Gasteiger partial charge in [0.1, 0.15) is 17.4 Å². The van der Waals surface area contributed by atoms with Gasteiger partial charge in [-0.3, -0.25) is 0 Å². The van der Waals surface area contributed by atoms with E-state index in [1.165, 1.54) is 6.07 Å². The fourth-order valence-corrected chi connectivity index (χ4v) is 2.12. The molecular formula is C12H14FN3. The Kier molecular flexibility index (Phi) is 3.07. The molecule has 0 bridgehead atoms. The molecule has 0 spiro atoms. The van der Waals surface area contributed by atoms with Crippen LogP contribution in [-0.4, -0.2) is 19.1 Å². The van der Waals surface area contributed by atoms with Gasteiger partial charge in [0, 0.05) is 19.1 Å². The summed E-state index contributed by atoms with van der Waals surface area (Å²) in [6, 6.07) is 6.75. The highest BCUT2D eigenvalue weighted by molar-refractivity contribution is 5.60. The van der Waals surface area contributed by atoms with Crippen LogP contribution < -0.4 is 10.6 Å². The van der Waals surface area contributed by atoms with Crippen LogP contribution in [0.2, 0.25) is 0 Å². The fourth-order valence-electron chi connectivity index (χ4n) is 2.12. The molecule has 3 nitrogen and oxygen atoms in total. The quantitative estimate of drug-likeness (QED) is 0.781. The second-order valence-electron chi connectivity index (χ2n) is 4.09. The lowest BCUT2D eigenvalue weighted by atomic mass is 10.0. The van der Waals surface area contributed by atoms with E-state index >= 15 is 0 Å². The molecule has 0 aromatic heterocycles. The molecule has 1 aromatic rings. The fraction of sp³-hybridized carbons (Fsp3) is 0.417. The van der Waals surface area contributed by atoms with Gasteiger partial charge < -0.3 is 10.6 Å². The number of anilines is 1. The minimum absolute atomic E-state index is 0.114. The van der Waals surface area contributed by atoms with E-state index in [4.69, 9.17) is 11.0 Å². The van der Waals surface area contributed by atoms with Crippen molar-refractivity contribution in [3.05, 3.63) is 29.6 Å². The Hall–Kier alpha value is -1.60. The lowest BCUT2D eigenvalue weighted by molar-refractivity contribution is 0.504. The van der Waals surface area contributed by atoms with Crippen LogP contribution in [0.1, 0.15) is 18.4 Å². The summed E-state index contributed by atoms with van der Waals surface area (Å²) >= 11 is 0. The van der Waals surface area contributed by atoms with Crippen LogP contribution >= 0.6 is 0 Å². The molecular weight excluding hydrogens is 205 g/mol. The molecule has 0 amide bonds. The largest absolute Gasteiger partial charge is 0.369 e. The third-order valence-electron chi connectivity index (χ3n) is 2.90. The molecule has 1 fully saturated rings. The molecule has 84 valence electrons. The van der Waals surface area contributed by atoms with Crippen molar-refractivity contribution in [3.63, 3.8) is 0 Å². The van der Waals surface area contributed by atoms with Crippen LogP contribution in [-0.2, 0) is 0 Å². The van der Waals surface area contributed by atoms with Crippen molar-refractivity contribution in [2.45, 2.75) is 18.9 Å².